The molecule has 3 N–H and O–H groups in total. The molecule has 11 heteroatoms. The SMILES string of the molecule is COc1cc2ncnc(-c3csc(NS(N)(=O)=O)n3)c2cc1OC. The van der Waals surface area contributed by atoms with Crippen molar-refractivity contribution in [2.45, 2.75) is 0 Å². The van der Waals surface area contributed by atoms with Crippen LogP contribution in [-0.2, 0) is 10.2 Å². The Hall–Kier alpha value is -2.50. The normalized spacial score (nSPS) is 11.5. The number of methoxy groups -OCH3 is 2. The van der Waals surface area contributed by atoms with Crippen LogP contribution in [0.2, 0.25) is 0 Å². The molecule has 0 aliphatic carbocycles. The number of nitrogens with zero attached hydrogens (tertiary/aromatic N) is 3. The summed E-state index contributed by atoms with van der Waals surface area (Å²) in [5, 5.41) is 7.47. The van der Waals surface area contributed by atoms with E-state index in [4.69, 9.17) is 14.6 Å². The molecule has 9 nitrogen and oxygen atoms in total. The van der Waals surface area contributed by atoms with Crippen LogP contribution < -0.4 is 19.3 Å². The maximum Gasteiger partial charge on any atom is 0.298 e. The third-order valence-electron chi connectivity index (χ3n) is 3.12. The fourth-order valence-corrected chi connectivity index (χ4v) is 3.51. The van der Waals surface area contributed by atoms with Crippen molar-refractivity contribution in [2.24, 2.45) is 5.14 Å². The molecule has 0 amide bonds. The van der Waals surface area contributed by atoms with Crippen LogP contribution >= 0.6 is 11.3 Å². The third kappa shape index (κ3) is 3.22. The van der Waals surface area contributed by atoms with Gasteiger partial charge < -0.3 is 9.47 Å². The highest BCUT2D eigenvalue weighted by atomic mass is 32.2. The van der Waals surface area contributed by atoms with E-state index < -0.39 is 10.2 Å². The average Bonchev–Trinajstić information content (AvgIpc) is 2.99. The van der Waals surface area contributed by atoms with Gasteiger partial charge in [0.15, 0.2) is 16.6 Å². The number of hydrogen-bond donors (Lipinski definition) is 2. The minimum absolute atomic E-state index is 0.153. The molecule has 0 bridgehead atoms. The molecule has 1 aromatic carbocycles. The predicted octanol–water partition coefficient (Wildman–Crippen LogP) is 1.39. The van der Waals surface area contributed by atoms with Crippen molar-refractivity contribution in [3.63, 3.8) is 0 Å². The number of hydrogen-bond acceptors (Lipinski definition) is 8. The quantitative estimate of drug-likeness (QED) is 0.697. The minimum atomic E-state index is -3.88. The van der Waals surface area contributed by atoms with Crippen LogP contribution in [0.5, 0.6) is 11.5 Å². The van der Waals surface area contributed by atoms with Crippen LogP contribution in [0.3, 0.4) is 0 Å². The molecule has 24 heavy (non-hydrogen) atoms. The summed E-state index contributed by atoms with van der Waals surface area (Å²) in [5.41, 5.74) is 1.68. The lowest BCUT2D eigenvalue weighted by Gasteiger charge is -2.10. The lowest BCUT2D eigenvalue weighted by molar-refractivity contribution is 0.356. The number of aromatic nitrogens is 3. The van der Waals surface area contributed by atoms with Crippen LogP contribution in [0.4, 0.5) is 5.13 Å². The molecule has 0 unspecified atom stereocenters. The maximum atomic E-state index is 11.1. The number of rotatable bonds is 5. The van der Waals surface area contributed by atoms with Crippen LogP contribution in [0.1, 0.15) is 0 Å². The molecule has 0 saturated carbocycles. The summed E-state index contributed by atoms with van der Waals surface area (Å²) in [4.78, 5) is 12.7. The Bertz CT molecular complexity index is 1000. The van der Waals surface area contributed by atoms with E-state index in [0.717, 1.165) is 11.3 Å². The Morgan fingerprint density at radius 1 is 1.17 bits per heavy atom. The fourth-order valence-electron chi connectivity index (χ4n) is 2.14. The van der Waals surface area contributed by atoms with Crippen molar-refractivity contribution in [1.82, 2.24) is 15.0 Å². The van der Waals surface area contributed by atoms with Crippen molar-refractivity contribution < 1.29 is 17.9 Å². The van der Waals surface area contributed by atoms with E-state index >= 15 is 0 Å². The summed E-state index contributed by atoms with van der Waals surface area (Å²) in [7, 11) is -0.809. The zero-order valence-electron chi connectivity index (χ0n) is 12.7. The van der Waals surface area contributed by atoms with E-state index in [1.54, 1.807) is 17.5 Å². The molecular weight excluding hydrogens is 354 g/mol. The van der Waals surface area contributed by atoms with Crippen LogP contribution in [0, 0.1) is 0 Å². The van der Waals surface area contributed by atoms with Gasteiger partial charge in [0.1, 0.15) is 17.7 Å². The Morgan fingerprint density at radius 3 is 2.54 bits per heavy atom. The smallest absolute Gasteiger partial charge is 0.298 e. The largest absolute Gasteiger partial charge is 0.493 e. The van der Waals surface area contributed by atoms with Crippen LogP contribution in [0.15, 0.2) is 23.8 Å². The second-order valence-electron chi connectivity index (χ2n) is 4.63. The van der Waals surface area contributed by atoms with E-state index in [0.29, 0.717) is 33.8 Å². The van der Waals surface area contributed by atoms with Crippen molar-refractivity contribution >= 4 is 37.6 Å². The summed E-state index contributed by atoms with van der Waals surface area (Å²) in [6, 6.07) is 3.48. The molecule has 0 atom stereocenters. The highest BCUT2D eigenvalue weighted by Crippen LogP contribution is 2.35. The summed E-state index contributed by atoms with van der Waals surface area (Å²) in [6.45, 7) is 0. The molecule has 2 aromatic heterocycles. The molecule has 0 aliphatic rings. The zero-order valence-corrected chi connectivity index (χ0v) is 14.3. The van der Waals surface area contributed by atoms with Gasteiger partial charge in [-0.15, -0.1) is 11.3 Å². The van der Waals surface area contributed by atoms with E-state index in [1.807, 2.05) is 0 Å². The van der Waals surface area contributed by atoms with Crippen molar-refractivity contribution in [3.05, 3.63) is 23.8 Å². The number of nitrogens with two attached hydrogens (primary N) is 1. The first kappa shape index (κ1) is 16.4. The topological polar surface area (TPSA) is 129 Å². The van der Waals surface area contributed by atoms with Gasteiger partial charge in [0.05, 0.1) is 19.7 Å². The first-order valence-corrected chi connectivity index (χ1v) is 8.97. The lowest BCUT2D eigenvalue weighted by atomic mass is 10.1. The van der Waals surface area contributed by atoms with Gasteiger partial charge in [0.2, 0.25) is 0 Å². The highest BCUT2D eigenvalue weighted by Gasteiger charge is 2.15. The highest BCUT2D eigenvalue weighted by molar-refractivity contribution is 7.90. The maximum absolute atomic E-state index is 11.1. The molecule has 0 fully saturated rings. The first-order chi connectivity index (χ1) is 11.4. The molecule has 0 spiro atoms. The Balaban J connectivity index is 2.13. The molecular formula is C13H13N5O4S2. The van der Waals surface area contributed by atoms with Gasteiger partial charge in [0, 0.05) is 16.8 Å². The number of ether oxygens (including phenoxy) is 2. The Kier molecular flexibility index (Phi) is 4.22. The van der Waals surface area contributed by atoms with Crippen LogP contribution in [-0.4, -0.2) is 37.6 Å². The van der Waals surface area contributed by atoms with Crippen molar-refractivity contribution in [2.75, 3.05) is 18.9 Å². The summed E-state index contributed by atoms with van der Waals surface area (Å²) >= 11 is 1.10. The predicted molar refractivity (Wildman–Crippen MR) is 90.5 cm³/mol. The standard InChI is InChI=1S/C13H13N5O4S2/c1-21-10-3-7-8(4-11(10)22-2)15-6-16-12(7)9-5-23-13(17-9)18-24(14,19)20/h3-6H,1-2H3,(H,17,18)(H2,14,19,20). The van der Waals surface area contributed by atoms with Gasteiger partial charge in [-0.3, -0.25) is 0 Å². The first-order valence-electron chi connectivity index (χ1n) is 6.54. The number of thiazole rings is 1. The summed E-state index contributed by atoms with van der Waals surface area (Å²) in [6.07, 6.45) is 1.40. The van der Waals surface area contributed by atoms with Gasteiger partial charge in [0.25, 0.3) is 10.2 Å². The Morgan fingerprint density at radius 2 is 1.88 bits per heavy atom. The third-order valence-corrected chi connectivity index (χ3v) is 4.48. The monoisotopic (exact) mass is 367 g/mol. The van der Waals surface area contributed by atoms with E-state index in [-0.39, 0.29) is 5.13 Å². The molecule has 126 valence electrons. The van der Waals surface area contributed by atoms with Crippen molar-refractivity contribution in [3.8, 4) is 22.9 Å². The second-order valence-corrected chi connectivity index (χ2v) is 6.78. The average molecular weight is 367 g/mol. The lowest BCUT2D eigenvalue weighted by Crippen LogP contribution is -2.21. The van der Waals surface area contributed by atoms with Crippen molar-refractivity contribution in [1.29, 1.82) is 0 Å². The van der Waals surface area contributed by atoms with E-state index in [9.17, 15) is 8.42 Å². The fraction of sp³-hybridized carbons (Fsp3) is 0.154. The number of nitrogens with one attached hydrogen (secondary N) is 1. The summed E-state index contributed by atoms with van der Waals surface area (Å²) < 4.78 is 34.9. The van der Waals surface area contributed by atoms with E-state index in [1.165, 1.54) is 20.5 Å². The van der Waals surface area contributed by atoms with Gasteiger partial charge in [-0.25, -0.2) is 24.8 Å². The summed E-state index contributed by atoms with van der Waals surface area (Å²) in [5.74, 6) is 1.07. The molecule has 3 aromatic rings. The minimum Gasteiger partial charge on any atom is -0.493 e. The molecule has 3 rings (SSSR count). The zero-order chi connectivity index (χ0) is 17.3. The van der Waals surface area contributed by atoms with E-state index in [2.05, 4.69) is 19.7 Å². The van der Waals surface area contributed by atoms with Crippen LogP contribution in [0.25, 0.3) is 22.3 Å². The van der Waals surface area contributed by atoms with Gasteiger partial charge >= 0.3 is 0 Å². The molecule has 0 saturated heterocycles. The molecule has 0 radical (unpaired) electrons. The number of anilines is 1. The number of fused-ring (bicyclic) bond motifs is 1. The Labute approximate surface area is 141 Å². The second kappa shape index (κ2) is 6.19. The van der Waals surface area contributed by atoms with Gasteiger partial charge in [-0.2, -0.15) is 8.42 Å². The molecule has 0 aliphatic heterocycles. The molecule has 2 heterocycles. The van der Waals surface area contributed by atoms with Gasteiger partial charge in [-0.05, 0) is 6.07 Å². The number of benzene rings is 1. The van der Waals surface area contributed by atoms with Gasteiger partial charge in [-0.1, -0.05) is 0 Å².